The lowest BCUT2D eigenvalue weighted by Crippen LogP contribution is -2.19. The summed E-state index contributed by atoms with van der Waals surface area (Å²) < 4.78 is 0. The summed E-state index contributed by atoms with van der Waals surface area (Å²) in [6.45, 7) is 4.62. The smallest absolute Gasteiger partial charge is 0.0668 e. The van der Waals surface area contributed by atoms with E-state index in [1.165, 1.54) is 66.6 Å². The Morgan fingerprint density at radius 3 is 2.58 bits per heavy atom. The number of benzene rings is 4. The molecule has 48 heavy (non-hydrogen) atoms. The highest BCUT2D eigenvalue weighted by Crippen LogP contribution is 2.47. The molecule has 8 rings (SSSR count). The lowest BCUT2D eigenvalue weighted by molar-refractivity contribution is 0.522. The Morgan fingerprint density at radius 1 is 0.896 bits per heavy atom. The molecular formula is C47H43N. The molecule has 2 unspecified atom stereocenters. The topological polar surface area (TPSA) is 12.4 Å². The summed E-state index contributed by atoms with van der Waals surface area (Å²) in [6, 6.07) is 29.2. The number of aliphatic imine (C=N–C) groups is 1. The number of fused-ring (bicyclic) bond motifs is 6. The monoisotopic (exact) mass is 621 g/mol. The van der Waals surface area contributed by atoms with Crippen LogP contribution in [-0.4, -0.2) is 5.71 Å². The molecule has 0 radical (unpaired) electrons. The zero-order valence-corrected chi connectivity index (χ0v) is 28.1. The van der Waals surface area contributed by atoms with Crippen molar-refractivity contribution in [3.05, 3.63) is 174 Å². The summed E-state index contributed by atoms with van der Waals surface area (Å²) in [7, 11) is 0. The third kappa shape index (κ3) is 5.62. The molecule has 1 nitrogen and oxygen atoms in total. The average molecular weight is 622 g/mol. The van der Waals surface area contributed by atoms with Crippen LogP contribution in [0.4, 0.5) is 0 Å². The van der Waals surface area contributed by atoms with Crippen molar-refractivity contribution in [3.8, 4) is 22.3 Å². The van der Waals surface area contributed by atoms with Gasteiger partial charge in [-0.1, -0.05) is 160 Å². The highest BCUT2D eigenvalue weighted by Gasteiger charge is 2.29. The van der Waals surface area contributed by atoms with E-state index < -0.39 is 0 Å². The van der Waals surface area contributed by atoms with Crippen LogP contribution >= 0.6 is 0 Å². The number of rotatable bonds is 8. The second-order valence-electron chi connectivity index (χ2n) is 13.9. The molecule has 0 amide bonds. The first-order chi connectivity index (χ1) is 23.6. The van der Waals surface area contributed by atoms with Gasteiger partial charge in [0.2, 0.25) is 0 Å². The van der Waals surface area contributed by atoms with Gasteiger partial charge in [-0.2, -0.15) is 0 Å². The summed E-state index contributed by atoms with van der Waals surface area (Å²) in [5.74, 6) is 0.348. The van der Waals surface area contributed by atoms with Gasteiger partial charge in [-0.3, -0.25) is 4.99 Å². The molecule has 0 fully saturated rings. The Labute approximate surface area is 285 Å². The summed E-state index contributed by atoms with van der Waals surface area (Å²) in [5, 5.41) is 2.65. The lowest BCUT2D eigenvalue weighted by atomic mass is 9.72. The van der Waals surface area contributed by atoms with E-state index in [4.69, 9.17) is 4.99 Å². The van der Waals surface area contributed by atoms with Crippen molar-refractivity contribution >= 4 is 22.2 Å². The number of allylic oxidation sites excluding steroid dienone is 13. The zero-order chi connectivity index (χ0) is 32.5. The molecule has 4 aliphatic carbocycles. The van der Waals surface area contributed by atoms with E-state index in [-0.39, 0.29) is 5.41 Å². The van der Waals surface area contributed by atoms with Gasteiger partial charge in [-0.15, -0.1) is 0 Å². The van der Waals surface area contributed by atoms with Crippen LogP contribution in [0.2, 0.25) is 0 Å². The molecule has 0 N–H and O–H groups in total. The van der Waals surface area contributed by atoms with Crippen LogP contribution in [0.1, 0.15) is 62.6 Å². The average Bonchev–Trinajstić information content (AvgIpc) is 3.52. The highest BCUT2D eigenvalue weighted by molar-refractivity contribution is 6.08. The molecule has 0 aliphatic heterocycles. The molecule has 4 aromatic carbocycles. The second kappa shape index (κ2) is 12.9. The van der Waals surface area contributed by atoms with E-state index in [2.05, 4.69) is 160 Å². The molecule has 1 heteroatoms. The molecule has 0 heterocycles. The van der Waals surface area contributed by atoms with Crippen molar-refractivity contribution in [2.24, 2.45) is 16.3 Å². The van der Waals surface area contributed by atoms with Crippen molar-refractivity contribution < 1.29 is 0 Å². The van der Waals surface area contributed by atoms with Crippen LogP contribution in [0.15, 0.2) is 162 Å². The quantitative estimate of drug-likeness (QED) is 0.153. The normalized spacial score (nSPS) is 21.2. The minimum atomic E-state index is 0.103. The fourth-order valence-electron chi connectivity index (χ4n) is 8.04. The largest absolute Gasteiger partial charge is 0.257 e. The van der Waals surface area contributed by atoms with Crippen LogP contribution in [0.5, 0.6) is 0 Å². The fraction of sp³-hybridized carbons (Fsp3) is 0.213. The van der Waals surface area contributed by atoms with Gasteiger partial charge in [-0.05, 0) is 93.5 Å². The molecule has 2 atom stereocenters. The minimum Gasteiger partial charge on any atom is -0.257 e. The van der Waals surface area contributed by atoms with Gasteiger partial charge in [0.15, 0.2) is 0 Å². The maximum absolute atomic E-state index is 5.63. The summed E-state index contributed by atoms with van der Waals surface area (Å²) in [4.78, 5) is 5.63. The Bertz CT molecular complexity index is 2140. The number of nitrogens with zero attached hydrogens (tertiary/aromatic N) is 1. The summed E-state index contributed by atoms with van der Waals surface area (Å²) in [6.07, 6.45) is 31.2. The van der Waals surface area contributed by atoms with E-state index in [9.17, 15) is 0 Å². The van der Waals surface area contributed by atoms with Crippen LogP contribution in [-0.2, 0) is 6.42 Å². The Kier molecular flexibility index (Phi) is 8.14. The maximum atomic E-state index is 5.63. The first kappa shape index (κ1) is 30.3. The SMILES string of the molecule is CCCC(=N/C(=C\CC1=CCC2(C)C=CC=CC2=C1)c1cccc2c1Cc1cc(-c3ccccc3)c3ccccc3c1-2)C1C=CC=CC1. The molecule has 4 aromatic rings. The van der Waals surface area contributed by atoms with Gasteiger partial charge in [0.1, 0.15) is 0 Å². The van der Waals surface area contributed by atoms with E-state index in [0.717, 1.165) is 44.2 Å². The first-order valence-electron chi connectivity index (χ1n) is 17.7. The lowest BCUT2D eigenvalue weighted by Gasteiger charge is -2.32. The van der Waals surface area contributed by atoms with Crippen LogP contribution in [0.3, 0.4) is 0 Å². The third-order valence-corrected chi connectivity index (χ3v) is 10.6. The van der Waals surface area contributed by atoms with Gasteiger partial charge >= 0.3 is 0 Å². The second-order valence-corrected chi connectivity index (χ2v) is 13.9. The molecule has 0 saturated heterocycles. The predicted octanol–water partition coefficient (Wildman–Crippen LogP) is 12.6. The Balaban J connectivity index is 1.25. The van der Waals surface area contributed by atoms with Gasteiger partial charge in [-0.25, -0.2) is 0 Å². The maximum Gasteiger partial charge on any atom is 0.0668 e. The number of hydrogen-bond acceptors (Lipinski definition) is 1. The van der Waals surface area contributed by atoms with Gasteiger partial charge in [0.25, 0.3) is 0 Å². The summed E-state index contributed by atoms with van der Waals surface area (Å²) in [5.41, 5.74) is 14.7. The Morgan fingerprint density at radius 2 is 1.75 bits per heavy atom. The molecule has 0 saturated carbocycles. The zero-order valence-electron chi connectivity index (χ0n) is 28.1. The van der Waals surface area contributed by atoms with Crippen molar-refractivity contribution in [3.63, 3.8) is 0 Å². The standard InChI is InChI=1S/C47H43N/c1-3-15-44(35-18-8-5-9-19-35)48-45(26-25-33-27-29-47(2)28-13-12-20-37(47)30-33)39-23-14-24-41-43(39)32-36-31-42(34-16-6-4-7-17-34)38-21-10-11-22-40(38)46(36)41/h4-14,16-18,20-24,26-28,30-31,35H,3,15,19,25,29,32H2,1-2H3/b45-26-,48-44?. The molecule has 4 aliphatic rings. The molecule has 0 spiro atoms. The fourth-order valence-corrected chi connectivity index (χ4v) is 8.04. The minimum absolute atomic E-state index is 0.103. The van der Waals surface area contributed by atoms with Crippen molar-refractivity contribution in [1.29, 1.82) is 0 Å². The number of hydrogen-bond donors (Lipinski definition) is 0. The van der Waals surface area contributed by atoms with E-state index >= 15 is 0 Å². The van der Waals surface area contributed by atoms with E-state index in [1.807, 2.05) is 0 Å². The van der Waals surface area contributed by atoms with Crippen molar-refractivity contribution in [1.82, 2.24) is 0 Å². The molecule has 236 valence electrons. The first-order valence-corrected chi connectivity index (χ1v) is 17.7. The predicted molar refractivity (Wildman–Crippen MR) is 206 cm³/mol. The van der Waals surface area contributed by atoms with Crippen molar-refractivity contribution in [2.45, 2.75) is 52.4 Å². The van der Waals surface area contributed by atoms with Crippen LogP contribution in [0, 0.1) is 11.3 Å². The molecular weight excluding hydrogens is 579 g/mol. The highest BCUT2D eigenvalue weighted by atomic mass is 14.8. The summed E-state index contributed by atoms with van der Waals surface area (Å²) >= 11 is 0. The van der Waals surface area contributed by atoms with Crippen LogP contribution in [0.25, 0.3) is 38.7 Å². The van der Waals surface area contributed by atoms with Gasteiger partial charge in [0.05, 0.1) is 5.70 Å². The third-order valence-electron chi connectivity index (χ3n) is 10.6. The van der Waals surface area contributed by atoms with E-state index in [1.54, 1.807) is 0 Å². The van der Waals surface area contributed by atoms with Crippen molar-refractivity contribution in [2.75, 3.05) is 0 Å². The molecule has 0 bridgehead atoms. The Hall–Kier alpha value is -5.01. The van der Waals surface area contributed by atoms with Gasteiger partial charge < -0.3 is 0 Å². The van der Waals surface area contributed by atoms with E-state index in [0.29, 0.717) is 5.92 Å². The molecule has 0 aromatic heterocycles. The van der Waals surface area contributed by atoms with Crippen LogP contribution < -0.4 is 0 Å². The van der Waals surface area contributed by atoms with Gasteiger partial charge in [0, 0.05) is 22.6 Å².